The van der Waals surface area contributed by atoms with Crippen molar-refractivity contribution in [3.8, 4) is 5.75 Å². The fourth-order valence-electron chi connectivity index (χ4n) is 1.85. The molecule has 2 aromatic rings. The minimum absolute atomic E-state index is 0.491. The number of benzene rings is 1. The van der Waals surface area contributed by atoms with Crippen molar-refractivity contribution >= 4 is 17.4 Å². The molecule has 100 valence electrons. The number of hydrogen-bond acceptors (Lipinski definition) is 6. The molecule has 0 bridgehead atoms. The van der Waals surface area contributed by atoms with Gasteiger partial charge in [0.15, 0.2) is 0 Å². The van der Waals surface area contributed by atoms with E-state index in [1.165, 1.54) is 12.8 Å². The molecule has 1 aliphatic rings. The van der Waals surface area contributed by atoms with E-state index in [2.05, 4.69) is 15.5 Å². The Labute approximate surface area is 115 Å². The lowest BCUT2D eigenvalue weighted by Gasteiger charge is -2.08. The Morgan fingerprint density at radius 2 is 2.32 bits per heavy atom. The van der Waals surface area contributed by atoms with Crippen LogP contribution in [0.25, 0.3) is 0 Å². The zero-order chi connectivity index (χ0) is 13.2. The zero-order valence-corrected chi connectivity index (χ0v) is 11.4. The maximum absolute atomic E-state index is 5.74. The van der Waals surface area contributed by atoms with Crippen molar-refractivity contribution in [2.45, 2.75) is 29.8 Å². The quantitative estimate of drug-likeness (QED) is 0.664. The number of aromatic nitrogens is 4. The minimum Gasteiger partial charge on any atom is -0.496 e. The van der Waals surface area contributed by atoms with E-state index in [0.717, 1.165) is 22.2 Å². The van der Waals surface area contributed by atoms with Gasteiger partial charge in [0.1, 0.15) is 5.75 Å². The highest BCUT2D eigenvalue weighted by atomic mass is 32.2. The molecule has 1 aromatic heterocycles. The van der Waals surface area contributed by atoms with Crippen LogP contribution in [0.15, 0.2) is 23.4 Å². The second-order valence-electron chi connectivity index (χ2n) is 4.50. The molecule has 6 nitrogen and oxygen atoms in total. The molecule has 0 amide bonds. The lowest BCUT2D eigenvalue weighted by atomic mass is 10.2. The first-order chi connectivity index (χ1) is 9.28. The average molecular weight is 277 g/mol. The topological polar surface area (TPSA) is 78.8 Å². The number of nitrogens with two attached hydrogens (primary N) is 1. The standard InChI is InChI=1S/C12H15N5OS/c1-18-11-6-9(13)3-2-8(11)7-19-12-14-15-16-17(12)10-4-5-10/h2-3,6,10H,4-5,7,13H2,1H3. The molecule has 3 rings (SSSR count). The van der Waals surface area contributed by atoms with E-state index in [0.29, 0.717) is 11.7 Å². The Bertz CT molecular complexity index is 581. The van der Waals surface area contributed by atoms with Crippen LogP contribution in [0.2, 0.25) is 0 Å². The van der Waals surface area contributed by atoms with Crippen molar-refractivity contribution in [2.24, 2.45) is 0 Å². The van der Waals surface area contributed by atoms with Crippen LogP contribution in [0.1, 0.15) is 24.4 Å². The van der Waals surface area contributed by atoms with Gasteiger partial charge in [0, 0.05) is 23.1 Å². The summed E-state index contributed by atoms with van der Waals surface area (Å²) in [5.74, 6) is 1.56. The molecule has 2 N–H and O–H groups in total. The van der Waals surface area contributed by atoms with E-state index in [1.54, 1.807) is 18.9 Å². The first kappa shape index (κ1) is 12.3. The normalized spacial score (nSPS) is 14.6. The average Bonchev–Trinajstić information content (AvgIpc) is 3.16. The Balaban J connectivity index is 1.73. The van der Waals surface area contributed by atoms with Crippen molar-refractivity contribution in [3.05, 3.63) is 23.8 Å². The van der Waals surface area contributed by atoms with Crippen molar-refractivity contribution in [1.82, 2.24) is 20.2 Å². The number of thioether (sulfide) groups is 1. The summed E-state index contributed by atoms with van der Waals surface area (Å²) in [6.45, 7) is 0. The van der Waals surface area contributed by atoms with Crippen molar-refractivity contribution in [1.29, 1.82) is 0 Å². The fraction of sp³-hybridized carbons (Fsp3) is 0.417. The summed E-state index contributed by atoms with van der Waals surface area (Å²) in [6.07, 6.45) is 2.34. The molecule has 1 aliphatic carbocycles. The van der Waals surface area contributed by atoms with Gasteiger partial charge in [-0.3, -0.25) is 0 Å². The number of hydrogen-bond donors (Lipinski definition) is 1. The van der Waals surface area contributed by atoms with E-state index < -0.39 is 0 Å². The predicted octanol–water partition coefficient (Wildman–Crippen LogP) is 1.89. The summed E-state index contributed by atoms with van der Waals surface area (Å²) in [5, 5.41) is 12.7. The van der Waals surface area contributed by atoms with E-state index in [9.17, 15) is 0 Å². The Kier molecular flexibility index (Phi) is 3.29. The van der Waals surface area contributed by atoms with Gasteiger partial charge in [-0.15, -0.1) is 5.10 Å². The summed E-state index contributed by atoms with van der Waals surface area (Å²) >= 11 is 1.62. The third kappa shape index (κ3) is 2.65. The van der Waals surface area contributed by atoms with Crippen LogP contribution in [0.3, 0.4) is 0 Å². The summed E-state index contributed by atoms with van der Waals surface area (Å²) in [4.78, 5) is 0. The second kappa shape index (κ2) is 5.08. The highest BCUT2D eigenvalue weighted by molar-refractivity contribution is 7.98. The van der Waals surface area contributed by atoms with Crippen molar-refractivity contribution < 1.29 is 4.74 Å². The van der Waals surface area contributed by atoms with Crippen molar-refractivity contribution in [3.63, 3.8) is 0 Å². The molecule has 0 spiro atoms. The maximum Gasteiger partial charge on any atom is 0.209 e. The van der Waals surface area contributed by atoms with Gasteiger partial charge in [-0.25, -0.2) is 4.68 Å². The van der Waals surface area contributed by atoms with Gasteiger partial charge in [0.05, 0.1) is 13.2 Å². The molecule has 7 heteroatoms. The lowest BCUT2D eigenvalue weighted by Crippen LogP contribution is -1.99. The van der Waals surface area contributed by atoms with Gasteiger partial charge in [0.2, 0.25) is 5.16 Å². The fourth-order valence-corrected chi connectivity index (χ4v) is 2.79. The van der Waals surface area contributed by atoms with E-state index in [4.69, 9.17) is 10.5 Å². The van der Waals surface area contributed by atoms with Crippen LogP contribution in [0, 0.1) is 0 Å². The van der Waals surface area contributed by atoms with Crippen molar-refractivity contribution in [2.75, 3.05) is 12.8 Å². The number of rotatable bonds is 5. The number of methoxy groups -OCH3 is 1. The third-order valence-corrected chi connectivity index (χ3v) is 4.01. The molecule has 1 fully saturated rings. The Morgan fingerprint density at radius 1 is 1.47 bits per heavy atom. The molecular formula is C12H15N5OS. The van der Waals surface area contributed by atoms with Gasteiger partial charge in [-0.05, 0) is 29.3 Å². The number of nitrogen functional groups attached to an aromatic ring is 1. The van der Waals surface area contributed by atoms with Crippen LogP contribution < -0.4 is 10.5 Å². The van der Waals surface area contributed by atoms with Gasteiger partial charge < -0.3 is 10.5 Å². The van der Waals surface area contributed by atoms with Crippen LogP contribution in [0.5, 0.6) is 5.75 Å². The highest BCUT2D eigenvalue weighted by Gasteiger charge is 2.27. The summed E-state index contributed by atoms with van der Waals surface area (Å²) in [6, 6.07) is 6.18. The molecule has 0 aliphatic heterocycles. The molecular weight excluding hydrogens is 262 g/mol. The zero-order valence-electron chi connectivity index (χ0n) is 10.6. The van der Waals surface area contributed by atoms with E-state index in [-0.39, 0.29) is 0 Å². The highest BCUT2D eigenvalue weighted by Crippen LogP contribution is 2.37. The molecule has 0 saturated heterocycles. The molecule has 0 unspecified atom stereocenters. The lowest BCUT2D eigenvalue weighted by molar-refractivity contribution is 0.411. The van der Waals surface area contributed by atoms with Crippen LogP contribution in [0.4, 0.5) is 5.69 Å². The first-order valence-electron chi connectivity index (χ1n) is 6.11. The minimum atomic E-state index is 0.491. The molecule has 19 heavy (non-hydrogen) atoms. The van der Waals surface area contributed by atoms with Gasteiger partial charge in [0.25, 0.3) is 0 Å². The molecule has 0 radical (unpaired) electrons. The monoisotopic (exact) mass is 277 g/mol. The van der Waals surface area contributed by atoms with E-state index in [1.807, 2.05) is 22.9 Å². The molecule has 1 aromatic carbocycles. The molecule has 1 heterocycles. The number of tetrazole rings is 1. The summed E-state index contributed by atoms with van der Waals surface area (Å²) in [7, 11) is 1.65. The number of anilines is 1. The third-order valence-electron chi connectivity index (χ3n) is 3.02. The van der Waals surface area contributed by atoms with Crippen LogP contribution >= 0.6 is 11.8 Å². The second-order valence-corrected chi connectivity index (χ2v) is 5.44. The molecule has 0 atom stereocenters. The number of ether oxygens (including phenoxy) is 1. The predicted molar refractivity (Wildman–Crippen MR) is 73.1 cm³/mol. The van der Waals surface area contributed by atoms with Gasteiger partial charge in [-0.1, -0.05) is 17.8 Å². The Morgan fingerprint density at radius 3 is 3.05 bits per heavy atom. The van der Waals surface area contributed by atoms with Crippen LogP contribution in [-0.4, -0.2) is 27.3 Å². The van der Waals surface area contributed by atoms with Gasteiger partial charge in [-0.2, -0.15) is 0 Å². The van der Waals surface area contributed by atoms with Gasteiger partial charge >= 0.3 is 0 Å². The van der Waals surface area contributed by atoms with Crippen LogP contribution in [-0.2, 0) is 5.75 Å². The SMILES string of the molecule is COc1cc(N)ccc1CSc1nnnn1C1CC1. The van der Waals surface area contributed by atoms with E-state index >= 15 is 0 Å². The first-order valence-corrected chi connectivity index (χ1v) is 7.09. The summed E-state index contributed by atoms with van der Waals surface area (Å²) < 4.78 is 7.25. The largest absolute Gasteiger partial charge is 0.496 e. The molecule has 1 saturated carbocycles. The number of nitrogens with zero attached hydrogens (tertiary/aromatic N) is 4. The Hall–Kier alpha value is -1.76. The summed E-state index contributed by atoms with van der Waals surface area (Å²) in [5.41, 5.74) is 7.53. The smallest absolute Gasteiger partial charge is 0.209 e. The maximum atomic E-state index is 5.74.